The highest BCUT2D eigenvalue weighted by Crippen LogP contribution is 2.36. The van der Waals surface area contributed by atoms with Crippen LogP contribution in [0.3, 0.4) is 0 Å². The number of piperazine rings is 1. The smallest absolute Gasteiger partial charge is 0.239 e. The fraction of sp³-hybridized carbons (Fsp3) is 0.684. The van der Waals surface area contributed by atoms with Gasteiger partial charge in [-0.2, -0.15) is 5.26 Å². The van der Waals surface area contributed by atoms with Gasteiger partial charge < -0.3 is 10.2 Å². The van der Waals surface area contributed by atoms with Gasteiger partial charge in [0.25, 0.3) is 0 Å². The van der Waals surface area contributed by atoms with Crippen molar-refractivity contribution in [3.8, 4) is 6.07 Å². The highest BCUT2D eigenvalue weighted by atomic mass is 32.1. The average molecular weight is 361 g/mol. The van der Waals surface area contributed by atoms with E-state index in [1.807, 2.05) is 0 Å². The fourth-order valence-electron chi connectivity index (χ4n) is 3.81. The van der Waals surface area contributed by atoms with E-state index in [9.17, 15) is 10.1 Å². The summed E-state index contributed by atoms with van der Waals surface area (Å²) >= 11 is 1.62. The molecule has 5 nitrogen and oxygen atoms in total. The van der Waals surface area contributed by atoms with Crippen molar-refractivity contribution in [2.75, 3.05) is 44.6 Å². The minimum atomic E-state index is 0.0110. The summed E-state index contributed by atoms with van der Waals surface area (Å²) < 4.78 is 0. The van der Waals surface area contributed by atoms with Crippen molar-refractivity contribution >= 4 is 22.2 Å². The van der Waals surface area contributed by atoms with Crippen LogP contribution in [0.15, 0.2) is 0 Å². The van der Waals surface area contributed by atoms with Crippen LogP contribution in [0.1, 0.15) is 48.6 Å². The number of amides is 1. The zero-order valence-electron chi connectivity index (χ0n) is 15.1. The van der Waals surface area contributed by atoms with Crippen LogP contribution in [0.4, 0.5) is 5.00 Å². The van der Waals surface area contributed by atoms with Crippen LogP contribution >= 0.6 is 11.3 Å². The molecular formula is C19H28N4OS. The lowest BCUT2D eigenvalue weighted by atomic mass is 10.1. The molecule has 2 heterocycles. The first-order valence-corrected chi connectivity index (χ1v) is 10.3. The van der Waals surface area contributed by atoms with Crippen molar-refractivity contribution in [2.24, 2.45) is 0 Å². The Kier molecular flexibility index (Phi) is 6.46. The molecule has 136 valence electrons. The van der Waals surface area contributed by atoms with Crippen molar-refractivity contribution < 1.29 is 4.79 Å². The van der Waals surface area contributed by atoms with Crippen LogP contribution in [-0.2, 0) is 17.6 Å². The Balaban J connectivity index is 1.58. The van der Waals surface area contributed by atoms with Crippen LogP contribution in [0, 0.1) is 11.3 Å². The first-order chi connectivity index (χ1) is 12.2. The van der Waals surface area contributed by atoms with E-state index >= 15 is 0 Å². The predicted molar refractivity (Wildman–Crippen MR) is 102 cm³/mol. The number of nitriles is 1. The van der Waals surface area contributed by atoms with Gasteiger partial charge >= 0.3 is 0 Å². The molecule has 1 N–H and O–H groups in total. The maximum Gasteiger partial charge on any atom is 0.239 e. The first-order valence-electron chi connectivity index (χ1n) is 9.50. The Morgan fingerprint density at radius 2 is 1.88 bits per heavy atom. The van der Waals surface area contributed by atoms with E-state index in [0.717, 1.165) is 57.0 Å². The molecule has 0 bridgehead atoms. The standard InChI is InChI=1S/C19H28N4OS/c1-2-8-22-9-11-23(12-10-22)14-18(24)21-19-16(13-20)15-6-4-3-5-7-17(15)25-19/h2-12,14H2,1H3,(H,21,24). The predicted octanol–water partition coefficient (Wildman–Crippen LogP) is 2.85. The van der Waals surface area contributed by atoms with Crippen LogP contribution in [-0.4, -0.2) is 55.0 Å². The Hall–Kier alpha value is -1.42. The molecule has 1 fully saturated rings. The number of nitrogens with one attached hydrogen (secondary N) is 1. The van der Waals surface area contributed by atoms with Gasteiger partial charge in [0.05, 0.1) is 12.1 Å². The summed E-state index contributed by atoms with van der Waals surface area (Å²) in [6.45, 7) is 7.74. The number of nitrogens with zero attached hydrogens (tertiary/aromatic N) is 3. The third-order valence-corrected chi connectivity index (χ3v) is 6.37. The minimum absolute atomic E-state index is 0.0110. The van der Waals surface area contributed by atoms with Gasteiger partial charge in [0.2, 0.25) is 5.91 Å². The summed E-state index contributed by atoms with van der Waals surface area (Å²) in [6.07, 6.45) is 6.77. The molecule has 0 atom stereocenters. The lowest BCUT2D eigenvalue weighted by molar-refractivity contribution is -0.117. The zero-order valence-corrected chi connectivity index (χ0v) is 16.0. The third-order valence-electron chi connectivity index (χ3n) is 5.16. The molecule has 1 amide bonds. The molecule has 0 spiro atoms. The number of hydrogen-bond acceptors (Lipinski definition) is 5. The lowest BCUT2D eigenvalue weighted by Gasteiger charge is -2.34. The van der Waals surface area contributed by atoms with E-state index < -0.39 is 0 Å². The second-order valence-corrected chi connectivity index (χ2v) is 8.15. The zero-order chi connectivity index (χ0) is 17.6. The van der Waals surface area contributed by atoms with Gasteiger partial charge in [-0.15, -0.1) is 11.3 Å². The largest absolute Gasteiger partial charge is 0.315 e. The summed E-state index contributed by atoms with van der Waals surface area (Å²) in [6, 6.07) is 2.34. The second-order valence-electron chi connectivity index (χ2n) is 7.05. The third kappa shape index (κ3) is 4.60. The molecular weight excluding hydrogens is 332 g/mol. The number of fused-ring (bicyclic) bond motifs is 1. The number of anilines is 1. The van der Waals surface area contributed by atoms with Crippen molar-refractivity contribution in [2.45, 2.75) is 45.4 Å². The Labute approximate surface area is 154 Å². The highest BCUT2D eigenvalue weighted by molar-refractivity contribution is 7.16. The first kappa shape index (κ1) is 18.4. The number of rotatable bonds is 5. The van der Waals surface area contributed by atoms with Gasteiger partial charge in [0.1, 0.15) is 11.1 Å². The molecule has 0 saturated carbocycles. The fourth-order valence-corrected chi connectivity index (χ4v) is 5.06. The van der Waals surface area contributed by atoms with Gasteiger partial charge in [-0.25, -0.2) is 0 Å². The van der Waals surface area contributed by atoms with Gasteiger partial charge in [-0.3, -0.25) is 9.69 Å². The average Bonchev–Trinajstić information content (AvgIpc) is 2.77. The minimum Gasteiger partial charge on any atom is -0.315 e. The van der Waals surface area contributed by atoms with Crippen molar-refractivity contribution in [3.05, 3.63) is 16.0 Å². The topological polar surface area (TPSA) is 59.4 Å². The van der Waals surface area contributed by atoms with E-state index in [1.54, 1.807) is 11.3 Å². The normalized spacial score (nSPS) is 19.0. The highest BCUT2D eigenvalue weighted by Gasteiger charge is 2.22. The summed E-state index contributed by atoms with van der Waals surface area (Å²) in [5.74, 6) is 0.0110. The lowest BCUT2D eigenvalue weighted by Crippen LogP contribution is -2.48. The van der Waals surface area contributed by atoms with E-state index in [4.69, 9.17) is 0 Å². The Morgan fingerprint density at radius 3 is 2.60 bits per heavy atom. The van der Waals surface area contributed by atoms with Crippen molar-refractivity contribution in [1.29, 1.82) is 5.26 Å². The van der Waals surface area contributed by atoms with Gasteiger partial charge in [0, 0.05) is 31.1 Å². The van der Waals surface area contributed by atoms with E-state index in [2.05, 4.69) is 28.1 Å². The molecule has 0 radical (unpaired) electrons. The SMILES string of the molecule is CCCN1CCN(CC(=O)Nc2sc3c(c2C#N)CCCCC3)CC1. The molecule has 1 aromatic heterocycles. The van der Waals surface area contributed by atoms with Crippen LogP contribution < -0.4 is 5.32 Å². The molecule has 2 aliphatic rings. The summed E-state index contributed by atoms with van der Waals surface area (Å²) in [5, 5.41) is 13.4. The van der Waals surface area contributed by atoms with Crippen LogP contribution in [0.2, 0.25) is 0 Å². The number of carbonyl (C=O) groups excluding carboxylic acids is 1. The monoisotopic (exact) mass is 360 g/mol. The maximum atomic E-state index is 12.5. The number of hydrogen-bond donors (Lipinski definition) is 1. The molecule has 1 aromatic rings. The molecule has 1 saturated heterocycles. The van der Waals surface area contributed by atoms with Crippen LogP contribution in [0.25, 0.3) is 0 Å². The molecule has 25 heavy (non-hydrogen) atoms. The van der Waals surface area contributed by atoms with E-state index in [1.165, 1.54) is 29.7 Å². The van der Waals surface area contributed by atoms with Crippen molar-refractivity contribution in [3.63, 3.8) is 0 Å². The maximum absolute atomic E-state index is 12.5. The Morgan fingerprint density at radius 1 is 1.16 bits per heavy atom. The quantitative estimate of drug-likeness (QED) is 0.820. The summed E-state index contributed by atoms with van der Waals surface area (Å²) in [5.41, 5.74) is 1.90. The molecule has 1 aliphatic heterocycles. The van der Waals surface area contributed by atoms with E-state index in [-0.39, 0.29) is 5.91 Å². The van der Waals surface area contributed by atoms with Gasteiger partial charge in [-0.1, -0.05) is 13.3 Å². The van der Waals surface area contributed by atoms with E-state index in [0.29, 0.717) is 12.1 Å². The number of aryl methyl sites for hydroxylation is 1. The Bertz CT molecular complexity index is 641. The van der Waals surface area contributed by atoms with Gasteiger partial charge in [0.15, 0.2) is 0 Å². The summed E-state index contributed by atoms with van der Waals surface area (Å²) in [7, 11) is 0. The molecule has 3 rings (SSSR count). The van der Waals surface area contributed by atoms with Crippen molar-refractivity contribution in [1.82, 2.24) is 9.80 Å². The summed E-state index contributed by atoms with van der Waals surface area (Å²) in [4.78, 5) is 18.4. The second kappa shape index (κ2) is 8.79. The number of carbonyl (C=O) groups is 1. The molecule has 0 aromatic carbocycles. The molecule has 0 unspecified atom stereocenters. The number of thiophene rings is 1. The van der Waals surface area contributed by atoms with Crippen LogP contribution in [0.5, 0.6) is 0 Å². The van der Waals surface area contributed by atoms with Gasteiger partial charge in [-0.05, 0) is 44.2 Å². The molecule has 6 heteroatoms. The molecule has 1 aliphatic carbocycles.